The molecule has 0 spiro atoms. The van der Waals surface area contributed by atoms with Gasteiger partial charge in [-0.15, -0.1) is 0 Å². The summed E-state index contributed by atoms with van der Waals surface area (Å²) in [6, 6.07) is 1.51. The van der Waals surface area contributed by atoms with Crippen molar-refractivity contribution in [2.45, 2.75) is 58.7 Å². The fraction of sp³-hybridized carbons (Fsp3) is 0.545. The van der Waals surface area contributed by atoms with Gasteiger partial charge in [0, 0.05) is 11.1 Å². The largest absolute Gasteiger partial charge is 0.491 e. The topological polar surface area (TPSA) is 174 Å². The maximum atomic E-state index is 13.0. The Bertz CT molecular complexity index is 863. The van der Waals surface area contributed by atoms with Crippen LogP contribution in [0.1, 0.15) is 50.9 Å². The van der Waals surface area contributed by atoms with Gasteiger partial charge in [0.25, 0.3) is 5.91 Å². The number of halogens is 1. The van der Waals surface area contributed by atoms with E-state index in [1.807, 2.05) is 13.8 Å². The molecule has 0 aliphatic rings. The number of primary amides is 1. The molecule has 33 heavy (non-hydrogen) atoms. The van der Waals surface area contributed by atoms with Crippen LogP contribution in [0.4, 0.5) is 0 Å². The Hall–Kier alpha value is -2.85. The molecule has 4 atom stereocenters. The van der Waals surface area contributed by atoms with Crippen molar-refractivity contribution < 1.29 is 29.0 Å². The molecule has 11 heteroatoms. The Morgan fingerprint density at radius 3 is 2.30 bits per heavy atom. The smallest absolute Gasteiger partial charge is 0.326 e. The van der Waals surface area contributed by atoms with Crippen molar-refractivity contribution in [1.82, 2.24) is 10.6 Å². The highest BCUT2D eigenvalue weighted by atomic mass is 35.5. The van der Waals surface area contributed by atoms with Crippen LogP contribution < -0.4 is 26.8 Å². The summed E-state index contributed by atoms with van der Waals surface area (Å²) in [5, 5.41) is 14.5. The van der Waals surface area contributed by atoms with Gasteiger partial charge < -0.3 is 31.9 Å². The van der Waals surface area contributed by atoms with Crippen LogP contribution >= 0.6 is 11.6 Å². The van der Waals surface area contributed by atoms with E-state index >= 15 is 0 Å². The van der Waals surface area contributed by atoms with E-state index in [0.717, 1.165) is 0 Å². The number of amides is 3. The van der Waals surface area contributed by atoms with Crippen LogP contribution in [0.15, 0.2) is 18.2 Å². The first-order chi connectivity index (χ1) is 15.4. The number of carboxylic acids is 1. The molecule has 0 aromatic heterocycles. The van der Waals surface area contributed by atoms with Crippen LogP contribution in [-0.4, -0.2) is 53.5 Å². The molecule has 1 rings (SSSR count). The fourth-order valence-corrected chi connectivity index (χ4v) is 2.94. The molecule has 3 amide bonds. The summed E-state index contributed by atoms with van der Waals surface area (Å²) in [5.41, 5.74) is 11.3. The van der Waals surface area contributed by atoms with Crippen molar-refractivity contribution in [2.24, 2.45) is 23.3 Å². The van der Waals surface area contributed by atoms with E-state index in [9.17, 15) is 24.3 Å². The molecule has 184 valence electrons. The van der Waals surface area contributed by atoms with Crippen molar-refractivity contribution >= 4 is 35.3 Å². The van der Waals surface area contributed by atoms with E-state index in [4.69, 9.17) is 27.8 Å². The van der Waals surface area contributed by atoms with Crippen molar-refractivity contribution in [3.8, 4) is 5.75 Å². The molecule has 0 heterocycles. The molecule has 0 radical (unpaired) electrons. The molecule has 7 N–H and O–H groups in total. The Labute approximate surface area is 198 Å². The number of ether oxygens (including phenoxy) is 1. The standard InChI is InChI=1S/C22H33ClN4O6/c1-5-12(4)19(22(31)32)27-21(30)16(9-18(25)28)26-20(29)14-8-13(23)6-7-17(14)33-10-15(24)11(2)3/h6-8,11-12,15-16,19H,5,9-10,24H2,1-4H3,(H2,25,28)(H,26,29)(H,27,30)(H,31,32)/t12-,15+,16-,19-/m0/s1. The Morgan fingerprint density at radius 1 is 1.15 bits per heavy atom. The van der Waals surface area contributed by atoms with Gasteiger partial charge in [-0.2, -0.15) is 0 Å². The Morgan fingerprint density at radius 2 is 1.79 bits per heavy atom. The molecule has 0 saturated carbocycles. The first kappa shape index (κ1) is 28.2. The second kappa shape index (κ2) is 13.0. The highest BCUT2D eigenvalue weighted by Gasteiger charge is 2.31. The highest BCUT2D eigenvalue weighted by molar-refractivity contribution is 6.31. The first-order valence-corrected chi connectivity index (χ1v) is 11.0. The SMILES string of the molecule is CC[C@H](C)[C@H](NC(=O)[C@H](CC(N)=O)NC(=O)c1cc(Cl)ccc1OC[C@@H](N)C(C)C)C(=O)O. The van der Waals surface area contributed by atoms with Crippen molar-refractivity contribution in [2.75, 3.05) is 6.61 Å². The van der Waals surface area contributed by atoms with Gasteiger partial charge in [-0.3, -0.25) is 14.4 Å². The minimum atomic E-state index is -1.40. The van der Waals surface area contributed by atoms with Crippen LogP contribution in [-0.2, 0) is 14.4 Å². The fourth-order valence-electron chi connectivity index (χ4n) is 2.77. The number of nitrogens with two attached hydrogens (primary N) is 2. The van der Waals surface area contributed by atoms with E-state index in [1.165, 1.54) is 18.2 Å². The van der Waals surface area contributed by atoms with E-state index in [2.05, 4.69) is 10.6 Å². The van der Waals surface area contributed by atoms with Gasteiger partial charge in [0.1, 0.15) is 24.4 Å². The average Bonchev–Trinajstić information content (AvgIpc) is 2.74. The van der Waals surface area contributed by atoms with Gasteiger partial charge in [-0.05, 0) is 30.0 Å². The minimum Gasteiger partial charge on any atom is -0.491 e. The molecule has 0 bridgehead atoms. The number of carbonyl (C=O) groups excluding carboxylic acids is 3. The van der Waals surface area contributed by atoms with Gasteiger partial charge >= 0.3 is 5.97 Å². The molecular weight excluding hydrogens is 452 g/mol. The normalized spacial score (nSPS) is 14.6. The summed E-state index contributed by atoms with van der Waals surface area (Å²) in [4.78, 5) is 48.8. The van der Waals surface area contributed by atoms with Gasteiger partial charge in [-0.1, -0.05) is 45.7 Å². The van der Waals surface area contributed by atoms with E-state index in [-0.39, 0.29) is 40.8 Å². The lowest BCUT2D eigenvalue weighted by Crippen LogP contribution is -2.54. The number of aliphatic carboxylic acids is 1. The zero-order valence-electron chi connectivity index (χ0n) is 19.3. The molecule has 0 saturated heterocycles. The van der Waals surface area contributed by atoms with E-state index in [0.29, 0.717) is 6.42 Å². The number of rotatable bonds is 13. The van der Waals surface area contributed by atoms with Gasteiger partial charge in [0.05, 0.1) is 12.0 Å². The van der Waals surface area contributed by atoms with Crippen LogP contribution in [0, 0.1) is 11.8 Å². The molecular formula is C22H33ClN4O6. The van der Waals surface area contributed by atoms with Crippen LogP contribution in [0.2, 0.25) is 5.02 Å². The van der Waals surface area contributed by atoms with Gasteiger partial charge in [0.15, 0.2) is 0 Å². The second-order valence-corrected chi connectivity index (χ2v) is 8.70. The monoisotopic (exact) mass is 484 g/mol. The lowest BCUT2D eigenvalue weighted by Gasteiger charge is -2.24. The van der Waals surface area contributed by atoms with Crippen LogP contribution in [0.3, 0.4) is 0 Å². The lowest BCUT2D eigenvalue weighted by molar-refractivity contribution is -0.143. The third kappa shape index (κ3) is 8.89. The van der Waals surface area contributed by atoms with Crippen LogP contribution in [0.5, 0.6) is 5.75 Å². The molecule has 10 nitrogen and oxygen atoms in total. The molecule has 0 aliphatic carbocycles. The number of hydrogen-bond donors (Lipinski definition) is 5. The zero-order chi connectivity index (χ0) is 25.3. The van der Waals surface area contributed by atoms with Crippen molar-refractivity contribution in [3.05, 3.63) is 28.8 Å². The summed E-state index contributed by atoms with van der Waals surface area (Å²) in [5.74, 6) is -3.72. The average molecular weight is 485 g/mol. The third-order valence-electron chi connectivity index (χ3n) is 5.28. The maximum absolute atomic E-state index is 13.0. The predicted molar refractivity (Wildman–Crippen MR) is 124 cm³/mol. The Kier molecular flexibility index (Phi) is 11.1. The van der Waals surface area contributed by atoms with Gasteiger partial charge in [0.2, 0.25) is 11.8 Å². The van der Waals surface area contributed by atoms with Crippen molar-refractivity contribution in [3.63, 3.8) is 0 Å². The summed E-state index contributed by atoms with van der Waals surface area (Å²) in [6.45, 7) is 7.44. The second-order valence-electron chi connectivity index (χ2n) is 8.27. The Balaban J connectivity index is 3.11. The third-order valence-corrected chi connectivity index (χ3v) is 5.51. The number of carboxylic acid groups (broad SMARTS) is 1. The number of nitrogens with one attached hydrogen (secondary N) is 2. The summed E-state index contributed by atoms with van der Waals surface area (Å²) >= 11 is 6.03. The molecule has 1 aromatic carbocycles. The van der Waals surface area contributed by atoms with Crippen molar-refractivity contribution in [1.29, 1.82) is 0 Å². The molecule has 0 aliphatic heterocycles. The number of benzene rings is 1. The quantitative estimate of drug-likeness (QED) is 0.280. The summed E-state index contributed by atoms with van der Waals surface area (Å²) in [6.07, 6.45) is -0.0365. The predicted octanol–water partition coefficient (Wildman–Crippen LogP) is 1.29. The maximum Gasteiger partial charge on any atom is 0.326 e. The first-order valence-electron chi connectivity index (χ1n) is 10.7. The molecule has 1 aromatic rings. The number of hydrogen-bond acceptors (Lipinski definition) is 6. The summed E-state index contributed by atoms with van der Waals surface area (Å²) < 4.78 is 5.69. The molecule has 0 fully saturated rings. The minimum absolute atomic E-state index is 0.0254. The lowest BCUT2D eigenvalue weighted by atomic mass is 9.98. The number of carbonyl (C=O) groups is 4. The van der Waals surface area contributed by atoms with Gasteiger partial charge in [-0.25, -0.2) is 4.79 Å². The molecule has 0 unspecified atom stereocenters. The highest BCUT2D eigenvalue weighted by Crippen LogP contribution is 2.24. The summed E-state index contributed by atoms with van der Waals surface area (Å²) in [7, 11) is 0. The van der Waals surface area contributed by atoms with Crippen LogP contribution in [0.25, 0.3) is 0 Å². The zero-order valence-corrected chi connectivity index (χ0v) is 20.0. The van der Waals surface area contributed by atoms with E-state index in [1.54, 1.807) is 13.8 Å². The van der Waals surface area contributed by atoms with E-state index < -0.39 is 42.2 Å².